The Balaban J connectivity index is 1.54. The number of ether oxygens (including phenoxy) is 3. The van der Waals surface area contributed by atoms with Gasteiger partial charge in [-0.2, -0.15) is 0 Å². The fraction of sp³-hybridized carbons (Fsp3) is 0.538. The molecule has 2 aromatic carbocycles. The van der Waals surface area contributed by atoms with Crippen LogP contribution < -0.4 is 9.64 Å². The van der Waals surface area contributed by atoms with E-state index in [9.17, 15) is 9.18 Å². The molecule has 0 unspecified atom stereocenters. The number of fused-ring (bicyclic) bond motifs is 1. The van der Waals surface area contributed by atoms with Gasteiger partial charge in [0.05, 0.1) is 24.0 Å². The molecular weight excluding hydrogens is 579 g/mol. The molecule has 1 aromatic heterocycles. The van der Waals surface area contributed by atoms with Crippen molar-refractivity contribution in [3.8, 4) is 16.9 Å². The summed E-state index contributed by atoms with van der Waals surface area (Å²) in [6, 6.07) is 14.7. The number of halogens is 1. The van der Waals surface area contributed by atoms with Crippen LogP contribution in [-0.2, 0) is 20.7 Å². The summed E-state index contributed by atoms with van der Waals surface area (Å²) in [5, 5.41) is 0. The van der Waals surface area contributed by atoms with Crippen molar-refractivity contribution in [3.05, 3.63) is 76.9 Å². The lowest BCUT2D eigenvalue weighted by atomic mass is 9.74. The second-order valence-electron chi connectivity index (χ2n) is 14.3. The quantitative estimate of drug-likeness (QED) is 0.209. The van der Waals surface area contributed by atoms with Crippen LogP contribution in [0.5, 0.6) is 5.75 Å². The molecule has 248 valence electrons. The zero-order chi connectivity index (χ0) is 33.0. The molecule has 0 N–H and O–H groups in total. The summed E-state index contributed by atoms with van der Waals surface area (Å²) in [7, 11) is 0. The van der Waals surface area contributed by atoms with Gasteiger partial charge in [0.25, 0.3) is 0 Å². The Bertz CT molecular complexity index is 1480. The maximum absolute atomic E-state index is 13.8. The molecule has 1 saturated heterocycles. The number of aryl methyl sites for hydroxylation is 2. The minimum atomic E-state index is -0.914. The first-order chi connectivity index (χ1) is 21.9. The van der Waals surface area contributed by atoms with Crippen molar-refractivity contribution < 1.29 is 23.4 Å². The lowest BCUT2D eigenvalue weighted by molar-refractivity contribution is -0.171. The second-order valence-corrected chi connectivity index (χ2v) is 14.3. The Kier molecular flexibility index (Phi) is 10.7. The molecule has 0 spiro atoms. The maximum atomic E-state index is 13.8. The molecule has 6 nitrogen and oxygen atoms in total. The molecule has 1 aliphatic heterocycles. The van der Waals surface area contributed by atoms with E-state index in [1.807, 2.05) is 53.7 Å². The molecule has 2 heterocycles. The first-order valence-corrected chi connectivity index (χ1v) is 17.0. The van der Waals surface area contributed by atoms with Crippen molar-refractivity contribution in [1.29, 1.82) is 0 Å². The highest BCUT2D eigenvalue weighted by Gasteiger charge is 2.39. The zero-order valence-electron chi connectivity index (χ0n) is 28.7. The van der Waals surface area contributed by atoms with Crippen LogP contribution >= 0.6 is 0 Å². The van der Waals surface area contributed by atoms with Gasteiger partial charge >= 0.3 is 5.97 Å². The van der Waals surface area contributed by atoms with Crippen molar-refractivity contribution in [2.45, 2.75) is 105 Å². The lowest BCUT2D eigenvalue weighted by Gasteiger charge is -2.44. The molecule has 7 heteroatoms. The van der Waals surface area contributed by atoms with Gasteiger partial charge in [0.2, 0.25) is 0 Å². The highest BCUT2D eigenvalue weighted by atomic mass is 19.1. The van der Waals surface area contributed by atoms with E-state index in [0.717, 1.165) is 70.5 Å². The van der Waals surface area contributed by atoms with E-state index >= 15 is 0 Å². The average molecular weight is 631 g/mol. The number of hydrogen-bond donors (Lipinski definition) is 0. The molecule has 2 fully saturated rings. The first kappa shape index (κ1) is 33.9. The predicted molar refractivity (Wildman–Crippen MR) is 182 cm³/mol. The SMILES string of the molecule is Cc1nc(C)c([C@H](OC(C)(C)C)C(=O)OC(C)C)c(N2CC[C@H]3CCCC[C@H]3C2)c1-c1ccc(OCCc2ccc(F)cc2)cc1. The number of carbonyl (C=O) groups is 1. The number of aromatic nitrogens is 1. The molecule has 0 radical (unpaired) electrons. The van der Waals surface area contributed by atoms with Gasteiger partial charge in [-0.15, -0.1) is 0 Å². The van der Waals surface area contributed by atoms with Gasteiger partial charge in [-0.3, -0.25) is 4.98 Å². The van der Waals surface area contributed by atoms with Gasteiger partial charge < -0.3 is 19.1 Å². The standard InChI is InChI=1S/C39H51FN2O4/c1-25(2)45-38(43)37(46-39(5,6)7)35-27(4)41-26(3)34(36(35)42-22-20-29-10-8-9-11-31(29)24-42)30-14-18-33(19-15-30)44-23-21-28-12-16-32(40)17-13-28/h12-19,25,29,31,37H,8-11,20-24H2,1-7H3/t29-,31+,37+/m1/s1. The van der Waals surface area contributed by atoms with E-state index in [1.165, 1.54) is 37.8 Å². The summed E-state index contributed by atoms with van der Waals surface area (Å²) in [6.07, 6.45) is 5.81. The third kappa shape index (κ3) is 8.28. The van der Waals surface area contributed by atoms with E-state index in [1.54, 1.807) is 12.1 Å². The molecule has 3 aromatic rings. The number of rotatable bonds is 10. The summed E-state index contributed by atoms with van der Waals surface area (Å²) in [4.78, 5) is 21.4. The van der Waals surface area contributed by atoms with Crippen molar-refractivity contribution in [1.82, 2.24) is 4.98 Å². The maximum Gasteiger partial charge on any atom is 0.340 e. The fourth-order valence-electron chi connectivity index (χ4n) is 7.17. The second kappa shape index (κ2) is 14.5. The predicted octanol–water partition coefficient (Wildman–Crippen LogP) is 8.95. The third-order valence-corrected chi connectivity index (χ3v) is 9.20. The number of nitrogens with zero attached hydrogens (tertiary/aromatic N) is 2. The number of pyridine rings is 1. The van der Waals surface area contributed by atoms with Gasteiger partial charge in [0.1, 0.15) is 11.6 Å². The van der Waals surface area contributed by atoms with Crippen LogP contribution in [0.15, 0.2) is 48.5 Å². The summed E-state index contributed by atoms with van der Waals surface area (Å²) >= 11 is 0. The zero-order valence-corrected chi connectivity index (χ0v) is 28.7. The highest BCUT2D eigenvalue weighted by Crippen LogP contribution is 2.46. The fourth-order valence-corrected chi connectivity index (χ4v) is 7.17. The van der Waals surface area contributed by atoms with Crippen LogP contribution in [0, 0.1) is 31.5 Å². The van der Waals surface area contributed by atoms with Crippen LogP contribution in [0.1, 0.15) is 95.3 Å². The normalized spacial score (nSPS) is 19.1. The summed E-state index contributed by atoms with van der Waals surface area (Å²) < 4.78 is 31.7. The van der Waals surface area contributed by atoms with Crippen LogP contribution in [-0.4, -0.2) is 42.4 Å². The minimum absolute atomic E-state index is 0.236. The van der Waals surface area contributed by atoms with E-state index in [-0.39, 0.29) is 17.9 Å². The van der Waals surface area contributed by atoms with Crippen molar-refractivity contribution in [3.63, 3.8) is 0 Å². The molecule has 2 aliphatic rings. The smallest absolute Gasteiger partial charge is 0.340 e. The van der Waals surface area contributed by atoms with Crippen molar-refractivity contribution >= 4 is 11.7 Å². The van der Waals surface area contributed by atoms with Gasteiger partial charge in [-0.1, -0.05) is 43.5 Å². The van der Waals surface area contributed by atoms with Gasteiger partial charge in [0, 0.05) is 42.0 Å². The molecule has 5 rings (SSSR count). The summed E-state index contributed by atoms with van der Waals surface area (Å²) in [5.74, 6) is 1.55. The molecule has 3 atom stereocenters. The number of esters is 1. The van der Waals surface area contributed by atoms with Crippen LogP contribution in [0.3, 0.4) is 0 Å². The van der Waals surface area contributed by atoms with E-state index < -0.39 is 11.7 Å². The molecule has 0 bridgehead atoms. The van der Waals surface area contributed by atoms with Crippen LogP contribution in [0.25, 0.3) is 11.1 Å². The van der Waals surface area contributed by atoms with Gasteiger partial charge in [-0.05, 0) is 109 Å². The first-order valence-electron chi connectivity index (χ1n) is 17.0. The Morgan fingerprint density at radius 3 is 2.28 bits per heavy atom. The van der Waals surface area contributed by atoms with Gasteiger partial charge in [0.15, 0.2) is 6.10 Å². The Morgan fingerprint density at radius 2 is 1.63 bits per heavy atom. The molecule has 1 aliphatic carbocycles. The van der Waals surface area contributed by atoms with Gasteiger partial charge in [-0.25, -0.2) is 9.18 Å². The number of piperidine rings is 1. The molecule has 1 saturated carbocycles. The molecular formula is C39H51FN2O4. The monoisotopic (exact) mass is 630 g/mol. The lowest BCUT2D eigenvalue weighted by Crippen LogP contribution is -2.43. The Labute approximate surface area is 274 Å². The molecule has 0 amide bonds. The van der Waals surface area contributed by atoms with Crippen molar-refractivity contribution in [2.24, 2.45) is 11.8 Å². The number of anilines is 1. The van der Waals surface area contributed by atoms with E-state index in [0.29, 0.717) is 18.9 Å². The summed E-state index contributed by atoms with van der Waals surface area (Å²) in [6.45, 7) is 16.1. The number of benzene rings is 2. The summed E-state index contributed by atoms with van der Waals surface area (Å²) in [5.41, 5.74) is 6.03. The molecule has 46 heavy (non-hydrogen) atoms. The van der Waals surface area contributed by atoms with E-state index in [2.05, 4.69) is 24.0 Å². The number of hydrogen-bond acceptors (Lipinski definition) is 6. The largest absolute Gasteiger partial charge is 0.493 e. The Morgan fingerprint density at radius 1 is 0.957 bits per heavy atom. The third-order valence-electron chi connectivity index (χ3n) is 9.20. The highest BCUT2D eigenvalue weighted by molar-refractivity contribution is 5.88. The topological polar surface area (TPSA) is 60.9 Å². The minimum Gasteiger partial charge on any atom is -0.493 e. The van der Waals surface area contributed by atoms with Crippen LogP contribution in [0.4, 0.5) is 10.1 Å². The van der Waals surface area contributed by atoms with Crippen molar-refractivity contribution in [2.75, 3.05) is 24.6 Å². The van der Waals surface area contributed by atoms with Crippen LogP contribution in [0.2, 0.25) is 0 Å². The average Bonchev–Trinajstić information content (AvgIpc) is 3.00. The Hall–Kier alpha value is -3.45. The van der Waals surface area contributed by atoms with E-state index in [4.69, 9.17) is 19.2 Å². The number of carbonyl (C=O) groups excluding carboxylic acids is 1.